The summed E-state index contributed by atoms with van der Waals surface area (Å²) < 4.78 is 0. The molecule has 1 nitrogen and oxygen atoms in total. The van der Waals surface area contributed by atoms with Gasteiger partial charge < -0.3 is 5.73 Å². The summed E-state index contributed by atoms with van der Waals surface area (Å²) in [6, 6.07) is 9.49. The van der Waals surface area contributed by atoms with E-state index in [0.717, 1.165) is 5.69 Å². The molecule has 0 bridgehead atoms. The molecule has 2 heteroatoms. The van der Waals surface area contributed by atoms with Crippen LogP contribution < -0.4 is 5.73 Å². The summed E-state index contributed by atoms with van der Waals surface area (Å²) in [6.07, 6.45) is 0. The van der Waals surface area contributed by atoms with E-state index in [1.54, 1.807) is 0 Å². The predicted octanol–water partition coefficient (Wildman–Crippen LogP) is 0.888. The first-order valence-corrected chi connectivity index (χ1v) is 2.20. The number of benzene rings is 1. The Morgan fingerprint density at radius 2 is 1.50 bits per heavy atom. The van der Waals surface area contributed by atoms with Gasteiger partial charge in [0.05, 0.1) is 0 Å². The second-order valence-corrected chi connectivity index (χ2v) is 1.41. The molecule has 1 aromatic carbocycles. The third-order valence-corrected chi connectivity index (χ3v) is 0.800. The van der Waals surface area contributed by atoms with Gasteiger partial charge in [0.2, 0.25) is 0 Å². The van der Waals surface area contributed by atoms with Gasteiger partial charge in [0.15, 0.2) is 0 Å². The molecule has 0 heterocycles. The van der Waals surface area contributed by atoms with Crippen molar-refractivity contribution in [1.29, 1.82) is 0 Å². The van der Waals surface area contributed by atoms with Crippen molar-refractivity contribution in [3.8, 4) is 0 Å². The molecule has 0 atom stereocenters. The maximum Gasteiger partial charge on any atom is 0.0313 e. The van der Waals surface area contributed by atoms with Crippen LogP contribution in [0.1, 0.15) is 0 Å². The molecule has 0 saturated heterocycles. The second kappa shape index (κ2) is 3.78. The van der Waals surface area contributed by atoms with Gasteiger partial charge in [0, 0.05) is 29.6 Å². The van der Waals surface area contributed by atoms with Gasteiger partial charge in [-0.25, -0.2) is 0 Å². The van der Waals surface area contributed by atoms with Crippen molar-refractivity contribution in [1.82, 2.24) is 0 Å². The van der Waals surface area contributed by atoms with Crippen LogP contribution in [0.15, 0.2) is 30.3 Å². The molecule has 8 heavy (non-hydrogen) atoms. The predicted molar refractivity (Wildman–Crippen MR) is 36.6 cm³/mol. The topological polar surface area (TPSA) is 26.0 Å². The molecule has 4 radical (unpaired) electrons. The maximum absolute atomic E-state index is 5.36. The largest absolute Gasteiger partial charge is 0.399 e. The SMILES string of the molecule is Nc1ccccc1.[Sn]. The Bertz CT molecular complexity index is 138. The molecule has 0 aromatic heterocycles. The number of para-hydroxylation sites is 1. The van der Waals surface area contributed by atoms with Crippen molar-refractivity contribution in [2.24, 2.45) is 0 Å². The van der Waals surface area contributed by atoms with E-state index in [9.17, 15) is 0 Å². The van der Waals surface area contributed by atoms with Gasteiger partial charge in [0.25, 0.3) is 0 Å². The fourth-order valence-corrected chi connectivity index (χ4v) is 0.453. The Labute approximate surface area is 65.8 Å². The molecule has 0 aliphatic carbocycles. The van der Waals surface area contributed by atoms with Gasteiger partial charge >= 0.3 is 0 Å². The van der Waals surface area contributed by atoms with Crippen LogP contribution in [0.3, 0.4) is 0 Å². The van der Waals surface area contributed by atoms with Crippen LogP contribution in [0, 0.1) is 0 Å². The van der Waals surface area contributed by atoms with Gasteiger partial charge in [-0.1, -0.05) is 18.2 Å². The smallest absolute Gasteiger partial charge is 0.0313 e. The van der Waals surface area contributed by atoms with Crippen LogP contribution in [0.2, 0.25) is 0 Å². The maximum atomic E-state index is 5.36. The summed E-state index contributed by atoms with van der Waals surface area (Å²) >= 11 is 0. The first-order valence-electron chi connectivity index (χ1n) is 2.20. The van der Waals surface area contributed by atoms with Crippen molar-refractivity contribution in [3.63, 3.8) is 0 Å². The number of hydrogen-bond donors (Lipinski definition) is 1. The van der Waals surface area contributed by atoms with Crippen LogP contribution in [0.25, 0.3) is 0 Å². The second-order valence-electron chi connectivity index (χ2n) is 1.41. The van der Waals surface area contributed by atoms with E-state index in [0.29, 0.717) is 0 Å². The van der Waals surface area contributed by atoms with Crippen molar-refractivity contribution in [2.45, 2.75) is 0 Å². The van der Waals surface area contributed by atoms with Crippen molar-refractivity contribution in [3.05, 3.63) is 30.3 Å². The van der Waals surface area contributed by atoms with E-state index in [2.05, 4.69) is 0 Å². The Morgan fingerprint density at radius 1 is 1.00 bits per heavy atom. The fraction of sp³-hybridized carbons (Fsp3) is 0. The summed E-state index contributed by atoms with van der Waals surface area (Å²) in [5.74, 6) is 0. The average Bonchev–Trinajstić information content (AvgIpc) is 1.69. The zero-order valence-electron chi connectivity index (χ0n) is 4.46. The first-order chi connectivity index (χ1) is 3.39. The van der Waals surface area contributed by atoms with E-state index in [4.69, 9.17) is 5.73 Å². The van der Waals surface area contributed by atoms with Gasteiger partial charge in [-0.15, -0.1) is 0 Å². The van der Waals surface area contributed by atoms with Crippen molar-refractivity contribution < 1.29 is 0 Å². The van der Waals surface area contributed by atoms with Crippen LogP contribution >= 0.6 is 0 Å². The third-order valence-electron chi connectivity index (χ3n) is 0.800. The molecular formula is C6H7NSn. The molecule has 40 valence electrons. The number of anilines is 1. The minimum Gasteiger partial charge on any atom is -0.399 e. The Kier molecular flexibility index (Phi) is 3.69. The number of nitrogens with two attached hydrogens (primary N) is 1. The van der Waals surface area contributed by atoms with E-state index in [1.165, 1.54) is 0 Å². The third kappa shape index (κ3) is 2.21. The van der Waals surface area contributed by atoms with Gasteiger partial charge in [-0.2, -0.15) is 0 Å². The van der Waals surface area contributed by atoms with E-state index in [-0.39, 0.29) is 23.9 Å². The number of hydrogen-bond acceptors (Lipinski definition) is 1. The summed E-state index contributed by atoms with van der Waals surface area (Å²) in [4.78, 5) is 0. The van der Waals surface area contributed by atoms with Crippen molar-refractivity contribution in [2.75, 3.05) is 5.73 Å². The molecule has 1 aromatic rings. The van der Waals surface area contributed by atoms with Gasteiger partial charge in [-0.05, 0) is 12.1 Å². The standard InChI is InChI=1S/C6H7N.Sn/c7-6-4-2-1-3-5-6;/h1-5H,7H2;. The molecule has 1 rings (SSSR count). The minimum atomic E-state index is 0. The monoisotopic (exact) mass is 213 g/mol. The summed E-state index contributed by atoms with van der Waals surface area (Å²) in [5.41, 5.74) is 6.18. The summed E-state index contributed by atoms with van der Waals surface area (Å²) in [5, 5.41) is 0. The van der Waals surface area contributed by atoms with E-state index >= 15 is 0 Å². The Balaban J connectivity index is 0.000000490. The van der Waals surface area contributed by atoms with Crippen molar-refractivity contribution >= 4 is 29.6 Å². The van der Waals surface area contributed by atoms with Crippen LogP contribution in [0.5, 0.6) is 0 Å². The molecule has 0 amide bonds. The molecule has 0 aliphatic rings. The summed E-state index contributed by atoms with van der Waals surface area (Å²) in [7, 11) is 0. The molecule has 0 saturated carbocycles. The van der Waals surface area contributed by atoms with E-state index < -0.39 is 0 Å². The molecule has 0 spiro atoms. The normalized spacial score (nSPS) is 7.50. The van der Waals surface area contributed by atoms with Crippen LogP contribution in [-0.4, -0.2) is 23.9 Å². The molecular weight excluding hydrogens is 205 g/mol. The Hall–Kier alpha value is -0.181. The molecule has 2 N–H and O–H groups in total. The molecule has 0 aliphatic heterocycles. The number of nitrogen functional groups attached to an aromatic ring is 1. The number of rotatable bonds is 0. The van der Waals surface area contributed by atoms with Crippen LogP contribution in [0.4, 0.5) is 5.69 Å². The zero-order valence-corrected chi connectivity index (χ0v) is 7.32. The van der Waals surface area contributed by atoms with E-state index in [1.807, 2.05) is 30.3 Å². The zero-order chi connectivity index (χ0) is 5.11. The molecule has 0 unspecified atom stereocenters. The Morgan fingerprint density at radius 3 is 1.75 bits per heavy atom. The minimum absolute atomic E-state index is 0. The quantitative estimate of drug-likeness (QED) is 0.501. The van der Waals surface area contributed by atoms with Gasteiger partial charge in [-0.3, -0.25) is 0 Å². The average molecular weight is 212 g/mol. The van der Waals surface area contributed by atoms with Crippen LogP contribution in [-0.2, 0) is 0 Å². The summed E-state index contributed by atoms with van der Waals surface area (Å²) in [6.45, 7) is 0. The fourth-order valence-electron chi connectivity index (χ4n) is 0.453. The first kappa shape index (κ1) is 7.82. The van der Waals surface area contributed by atoms with Gasteiger partial charge in [0.1, 0.15) is 0 Å². The molecule has 0 fully saturated rings.